The average molecular weight is 1070 g/mol. The third kappa shape index (κ3) is 62.8. The maximum Gasteiger partial charge on any atom is 0.306 e. The van der Waals surface area contributed by atoms with Crippen LogP contribution in [0.2, 0.25) is 0 Å². The van der Waals surface area contributed by atoms with Gasteiger partial charge >= 0.3 is 11.9 Å². The Balaban J connectivity index is 3.73. The summed E-state index contributed by atoms with van der Waals surface area (Å²) in [6.45, 7) is 3.85. The van der Waals surface area contributed by atoms with Crippen molar-refractivity contribution in [1.82, 2.24) is 0 Å². The van der Waals surface area contributed by atoms with E-state index < -0.39 is 6.10 Å². The van der Waals surface area contributed by atoms with Gasteiger partial charge in [0, 0.05) is 12.8 Å². The van der Waals surface area contributed by atoms with Gasteiger partial charge in [-0.05, 0) is 154 Å². The van der Waals surface area contributed by atoms with Crippen LogP contribution >= 0.6 is 0 Å². The molecule has 0 spiro atoms. The molecule has 0 amide bonds. The van der Waals surface area contributed by atoms with Gasteiger partial charge in [-0.25, -0.2) is 0 Å². The largest absolute Gasteiger partial charge is 0.462 e. The summed E-state index contributed by atoms with van der Waals surface area (Å²) >= 11 is 0. The minimum absolute atomic E-state index is 0.108. The van der Waals surface area contributed by atoms with E-state index in [0.29, 0.717) is 12.8 Å². The van der Waals surface area contributed by atoms with Gasteiger partial charge in [0.1, 0.15) is 6.61 Å². The molecule has 0 saturated heterocycles. The second-order valence-electron chi connectivity index (χ2n) is 19.0. The Hall–Kier alpha value is -5.78. The number of rotatable bonds is 52. The van der Waals surface area contributed by atoms with Crippen molar-refractivity contribution in [2.24, 2.45) is 0 Å². The predicted octanol–water partition coefficient (Wildman–Crippen LogP) is 21.2. The molecule has 0 aromatic carbocycles. The number of aliphatic hydroxyl groups excluding tert-OH is 1. The Kier molecular flexibility index (Phi) is 60.6. The van der Waals surface area contributed by atoms with Crippen molar-refractivity contribution in [1.29, 1.82) is 0 Å². The molecule has 1 unspecified atom stereocenters. The summed E-state index contributed by atoms with van der Waals surface area (Å²) in [4.78, 5) is 24.6. The first-order chi connectivity index (χ1) is 38.6. The van der Waals surface area contributed by atoms with Crippen LogP contribution < -0.4 is 0 Å². The average Bonchev–Trinajstić information content (AvgIpc) is 3.44. The van der Waals surface area contributed by atoms with E-state index in [9.17, 15) is 14.7 Å². The van der Waals surface area contributed by atoms with Crippen LogP contribution in [-0.2, 0) is 19.1 Å². The minimum atomic E-state index is -0.817. The van der Waals surface area contributed by atoms with Gasteiger partial charge in [-0.15, -0.1) is 0 Å². The Morgan fingerprint density at radius 3 is 0.782 bits per heavy atom. The second-order valence-corrected chi connectivity index (χ2v) is 19.0. The molecule has 0 aliphatic heterocycles. The fraction of sp³-hybridized carbons (Fsp3) is 0.479. The topological polar surface area (TPSA) is 72.8 Å². The van der Waals surface area contributed by atoms with Gasteiger partial charge in [0.25, 0.3) is 0 Å². The van der Waals surface area contributed by atoms with Crippen molar-refractivity contribution in [3.05, 3.63) is 219 Å². The zero-order valence-corrected chi connectivity index (χ0v) is 49.1. The van der Waals surface area contributed by atoms with E-state index in [1.807, 2.05) is 0 Å². The zero-order chi connectivity index (χ0) is 56.2. The highest BCUT2D eigenvalue weighted by Crippen LogP contribution is 2.11. The molecule has 0 fully saturated rings. The molecule has 5 nitrogen and oxygen atoms in total. The summed E-state index contributed by atoms with van der Waals surface area (Å²) in [6.07, 6.45) is 108. The van der Waals surface area contributed by atoms with Gasteiger partial charge in [0.05, 0.1) is 6.61 Å². The van der Waals surface area contributed by atoms with Crippen molar-refractivity contribution in [3.63, 3.8) is 0 Å². The molecule has 0 saturated carbocycles. The van der Waals surface area contributed by atoms with Crippen molar-refractivity contribution < 1.29 is 24.2 Å². The predicted molar refractivity (Wildman–Crippen MR) is 342 cm³/mol. The van der Waals surface area contributed by atoms with Gasteiger partial charge in [-0.3, -0.25) is 9.59 Å². The quantitative estimate of drug-likeness (QED) is 0.0373. The molecule has 0 heterocycles. The number of hydrogen-bond donors (Lipinski definition) is 1. The van der Waals surface area contributed by atoms with Crippen LogP contribution in [-0.4, -0.2) is 36.4 Å². The maximum absolute atomic E-state index is 12.3. The molecule has 5 heteroatoms. The number of unbranched alkanes of at least 4 members (excludes halogenated alkanes) is 8. The number of carbonyl (C=O) groups excluding carboxylic acids is 2. The highest BCUT2D eigenvalue weighted by molar-refractivity contribution is 5.70. The molecule has 0 bridgehead atoms. The lowest BCUT2D eigenvalue weighted by Gasteiger charge is -2.15. The van der Waals surface area contributed by atoms with Crippen LogP contribution in [0.25, 0.3) is 0 Å². The summed E-state index contributed by atoms with van der Waals surface area (Å²) < 4.78 is 10.7. The smallest absolute Gasteiger partial charge is 0.306 e. The molecule has 0 aromatic rings. The summed E-state index contributed by atoms with van der Waals surface area (Å²) in [7, 11) is 0. The van der Waals surface area contributed by atoms with Crippen LogP contribution in [0.4, 0.5) is 0 Å². The monoisotopic (exact) mass is 1060 g/mol. The third-order valence-corrected chi connectivity index (χ3v) is 11.8. The lowest BCUT2D eigenvalue weighted by atomic mass is 10.1. The summed E-state index contributed by atoms with van der Waals surface area (Å²) in [6, 6.07) is 0. The number of hydrogen-bond acceptors (Lipinski definition) is 5. The van der Waals surface area contributed by atoms with E-state index in [4.69, 9.17) is 9.47 Å². The molecule has 430 valence electrons. The molecule has 0 aromatic heterocycles. The van der Waals surface area contributed by atoms with Crippen LogP contribution in [0.15, 0.2) is 219 Å². The normalized spacial score (nSPS) is 13.8. The second kappa shape index (κ2) is 65.5. The zero-order valence-electron chi connectivity index (χ0n) is 49.1. The van der Waals surface area contributed by atoms with Crippen molar-refractivity contribution in [2.45, 2.75) is 213 Å². The molecule has 1 atom stereocenters. The van der Waals surface area contributed by atoms with E-state index in [0.717, 1.165) is 180 Å². The summed E-state index contributed by atoms with van der Waals surface area (Å²) in [5.41, 5.74) is 0. The molecule has 1 N–H and O–H groups in total. The molecular formula is C73H108O5. The first-order valence-corrected chi connectivity index (χ1v) is 30.3. The van der Waals surface area contributed by atoms with Gasteiger partial charge in [0.15, 0.2) is 6.10 Å². The van der Waals surface area contributed by atoms with Gasteiger partial charge in [0.2, 0.25) is 0 Å². The van der Waals surface area contributed by atoms with Crippen LogP contribution in [0.5, 0.6) is 0 Å². The first-order valence-electron chi connectivity index (χ1n) is 30.3. The van der Waals surface area contributed by atoms with Crippen LogP contribution in [0.3, 0.4) is 0 Å². The fourth-order valence-corrected chi connectivity index (χ4v) is 7.30. The number of carbonyl (C=O) groups is 2. The molecule has 78 heavy (non-hydrogen) atoms. The third-order valence-electron chi connectivity index (χ3n) is 11.8. The Labute approximate surface area is 478 Å². The van der Waals surface area contributed by atoms with Crippen molar-refractivity contribution >= 4 is 11.9 Å². The molecule has 0 radical (unpaired) electrons. The number of allylic oxidation sites excluding steroid dienone is 36. The van der Waals surface area contributed by atoms with Gasteiger partial charge < -0.3 is 14.6 Å². The molecule has 0 aliphatic rings. The highest BCUT2D eigenvalue weighted by Gasteiger charge is 2.16. The Morgan fingerprint density at radius 1 is 0.295 bits per heavy atom. The molecular weight excluding hydrogens is 957 g/mol. The first kappa shape index (κ1) is 72.2. The molecule has 0 rings (SSSR count). The number of ether oxygens (including phenoxy) is 2. The van der Waals surface area contributed by atoms with Gasteiger partial charge in [-0.1, -0.05) is 258 Å². The molecule has 0 aliphatic carbocycles. The minimum Gasteiger partial charge on any atom is -0.462 e. The van der Waals surface area contributed by atoms with E-state index in [-0.39, 0.29) is 25.2 Å². The van der Waals surface area contributed by atoms with E-state index in [1.54, 1.807) is 0 Å². The van der Waals surface area contributed by atoms with Crippen LogP contribution in [0, 0.1) is 0 Å². The number of esters is 2. The van der Waals surface area contributed by atoms with Crippen molar-refractivity contribution in [2.75, 3.05) is 13.2 Å². The lowest BCUT2D eigenvalue weighted by Crippen LogP contribution is -2.28. The van der Waals surface area contributed by atoms with E-state index in [1.165, 1.54) is 0 Å². The van der Waals surface area contributed by atoms with E-state index >= 15 is 0 Å². The maximum atomic E-state index is 12.3. The SMILES string of the molecule is CC/C=C\C/C=C\C/C=C\C/C=C\C/C=C\C/C=C\C/C=C\C/C=C\C/C=C\CCCCCCCC(=O)OC(CO)COC(=O)CCCCC/C=C\C/C=C\C/C=C\C/C=C\C/C=C\C/C=C\C/C=C\C/C=C\C/C=C\CC. The van der Waals surface area contributed by atoms with E-state index in [2.05, 4.69) is 233 Å². The Bertz CT molecular complexity index is 1930. The number of aliphatic hydroxyl groups is 1. The Morgan fingerprint density at radius 2 is 0.513 bits per heavy atom. The fourth-order valence-electron chi connectivity index (χ4n) is 7.30. The standard InChI is InChI=1S/C73H108O5/c1-3-5-7-9-11-13-15-17-19-21-23-25-27-29-31-33-35-36-38-40-42-44-46-48-50-52-54-56-58-60-62-64-66-68-73(76)78-71(69-74)70-77-72(75)67-65-63-61-59-57-55-53-51-49-47-45-43-41-39-37-34-32-30-28-26-24-22-20-18-16-14-12-10-8-6-4-2/h5-8,11-14,17-20,23-26,29-32,35-37,39-40,42-43,45-46,48-49,51-52,54-55,57,71,74H,3-4,9-10,15-16,21-22,27-28,33-34,38,41,44,47,50,53,56,58-70H2,1-2H3/b7-5-,8-6-,13-11-,14-12-,19-17-,20-18-,25-23-,26-24-,31-29-,32-30-,36-35-,39-37-,42-40-,45-43-,48-46-,51-49-,54-52-,57-55-. The van der Waals surface area contributed by atoms with Crippen LogP contribution in [0.1, 0.15) is 206 Å². The lowest BCUT2D eigenvalue weighted by molar-refractivity contribution is -0.161. The highest BCUT2D eigenvalue weighted by atomic mass is 16.6. The van der Waals surface area contributed by atoms with Gasteiger partial charge in [-0.2, -0.15) is 0 Å². The summed E-state index contributed by atoms with van der Waals surface area (Å²) in [5.74, 6) is -0.672. The summed E-state index contributed by atoms with van der Waals surface area (Å²) in [5, 5.41) is 9.67. The van der Waals surface area contributed by atoms with Crippen molar-refractivity contribution in [3.8, 4) is 0 Å².